The van der Waals surface area contributed by atoms with Crippen LogP contribution in [0.15, 0.2) is 24.3 Å². The number of carbonyl (C=O) groups excluding carboxylic acids is 1. The summed E-state index contributed by atoms with van der Waals surface area (Å²) in [6, 6.07) is 9.62. The number of ether oxygens (including phenoxy) is 1. The molecule has 3 heterocycles. The van der Waals surface area contributed by atoms with Gasteiger partial charge >= 0.3 is 0 Å². The van der Waals surface area contributed by atoms with Crippen LogP contribution in [-0.2, 0) is 9.53 Å². The van der Waals surface area contributed by atoms with Crippen LogP contribution in [0.3, 0.4) is 0 Å². The normalized spacial score (nSPS) is 24.7. The van der Waals surface area contributed by atoms with E-state index in [-0.39, 0.29) is 0 Å². The number of hydrogen-bond donors (Lipinski definition) is 0. The number of benzene rings is 1. The van der Waals surface area contributed by atoms with E-state index in [4.69, 9.17) is 4.74 Å². The first-order chi connectivity index (χ1) is 14.2. The predicted molar refractivity (Wildman–Crippen MR) is 117 cm³/mol. The minimum Gasteiger partial charge on any atom is -0.378 e. The third kappa shape index (κ3) is 5.52. The van der Waals surface area contributed by atoms with Crippen molar-refractivity contribution >= 4 is 11.6 Å². The molecule has 1 aromatic rings. The zero-order valence-corrected chi connectivity index (χ0v) is 18.0. The van der Waals surface area contributed by atoms with Gasteiger partial charge in [0.25, 0.3) is 0 Å². The maximum Gasteiger partial charge on any atom is 0.222 e. The van der Waals surface area contributed by atoms with E-state index in [2.05, 4.69) is 41.0 Å². The summed E-state index contributed by atoms with van der Waals surface area (Å²) in [4.78, 5) is 19.7. The van der Waals surface area contributed by atoms with Crippen molar-refractivity contribution in [3.8, 4) is 0 Å². The quantitative estimate of drug-likeness (QED) is 0.761. The molecule has 0 bridgehead atoms. The molecule has 4 rings (SSSR count). The topological polar surface area (TPSA) is 36.0 Å². The number of morpholine rings is 1. The summed E-state index contributed by atoms with van der Waals surface area (Å²) in [6.45, 7) is 9.86. The van der Waals surface area contributed by atoms with Gasteiger partial charge in [0.1, 0.15) is 0 Å². The lowest BCUT2D eigenvalue weighted by Crippen LogP contribution is -2.48. The molecule has 3 saturated heterocycles. The van der Waals surface area contributed by atoms with Crippen molar-refractivity contribution in [1.29, 1.82) is 0 Å². The molecule has 0 aliphatic carbocycles. The summed E-state index contributed by atoms with van der Waals surface area (Å²) in [7, 11) is 0. The lowest BCUT2D eigenvalue weighted by atomic mass is 9.90. The number of nitrogens with zero attached hydrogens (tertiary/aromatic N) is 3. The smallest absolute Gasteiger partial charge is 0.222 e. The molecule has 3 aliphatic rings. The molecule has 0 radical (unpaired) electrons. The van der Waals surface area contributed by atoms with Crippen LogP contribution in [0.1, 0.15) is 44.1 Å². The van der Waals surface area contributed by atoms with E-state index >= 15 is 0 Å². The molecule has 0 unspecified atom stereocenters. The highest BCUT2D eigenvalue weighted by Gasteiger charge is 2.29. The van der Waals surface area contributed by atoms with Crippen LogP contribution in [0.2, 0.25) is 0 Å². The van der Waals surface area contributed by atoms with Crippen LogP contribution < -0.4 is 4.90 Å². The zero-order valence-electron chi connectivity index (χ0n) is 18.0. The Balaban J connectivity index is 1.22. The van der Waals surface area contributed by atoms with E-state index in [1.165, 1.54) is 50.0 Å². The average molecular weight is 400 g/mol. The second-order valence-corrected chi connectivity index (χ2v) is 9.09. The Morgan fingerprint density at radius 3 is 2.62 bits per heavy atom. The van der Waals surface area contributed by atoms with Crippen LogP contribution in [-0.4, -0.2) is 74.2 Å². The first kappa shape index (κ1) is 20.7. The van der Waals surface area contributed by atoms with E-state index in [1.54, 1.807) is 0 Å². The number of aryl methyl sites for hydroxylation is 1. The number of rotatable bonds is 5. The summed E-state index contributed by atoms with van der Waals surface area (Å²) in [5.74, 6) is 1.01. The number of piperidine rings is 2. The monoisotopic (exact) mass is 399 g/mol. The molecular formula is C24H37N3O2. The molecule has 3 fully saturated rings. The first-order valence-electron chi connectivity index (χ1n) is 11.6. The molecule has 0 N–H and O–H groups in total. The van der Waals surface area contributed by atoms with Gasteiger partial charge in [0, 0.05) is 50.9 Å². The molecule has 1 atom stereocenters. The highest BCUT2D eigenvalue weighted by atomic mass is 16.5. The van der Waals surface area contributed by atoms with Crippen molar-refractivity contribution in [1.82, 2.24) is 9.80 Å². The van der Waals surface area contributed by atoms with Crippen LogP contribution in [0.4, 0.5) is 5.69 Å². The van der Waals surface area contributed by atoms with Gasteiger partial charge < -0.3 is 14.5 Å². The number of hydrogen-bond acceptors (Lipinski definition) is 4. The molecule has 1 aromatic carbocycles. The molecule has 0 aromatic heterocycles. The Bertz CT molecular complexity index is 666. The van der Waals surface area contributed by atoms with Gasteiger partial charge in [0.15, 0.2) is 0 Å². The second kappa shape index (κ2) is 9.94. The van der Waals surface area contributed by atoms with Crippen molar-refractivity contribution in [3.63, 3.8) is 0 Å². The summed E-state index contributed by atoms with van der Waals surface area (Å²) < 4.78 is 5.36. The van der Waals surface area contributed by atoms with Crippen molar-refractivity contribution in [2.24, 2.45) is 5.92 Å². The Labute approximate surface area is 176 Å². The van der Waals surface area contributed by atoms with E-state index in [9.17, 15) is 4.79 Å². The van der Waals surface area contributed by atoms with Gasteiger partial charge in [-0.3, -0.25) is 9.69 Å². The Hall–Kier alpha value is -1.59. The van der Waals surface area contributed by atoms with Crippen molar-refractivity contribution in [3.05, 3.63) is 29.8 Å². The highest BCUT2D eigenvalue weighted by molar-refractivity contribution is 5.76. The fraction of sp³-hybridized carbons (Fsp3) is 0.708. The largest absolute Gasteiger partial charge is 0.378 e. The summed E-state index contributed by atoms with van der Waals surface area (Å²) in [5.41, 5.74) is 2.72. The first-order valence-corrected chi connectivity index (χ1v) is 11.6. The third-order valence-corrected chi connectivity index (χ3v) is 7.03. The molecule has 1 amide bonds. The number of amides is 1. The number of likely N-dealkylation sites (tertiary alicyclic amines) is 1. The maximum atomic E-state index is 12.5. The van der Waals surface area contributed by atoms with Gasteiger partial charge in [0.2, 0.25) is 5.91 Å². The summed E-state index contributed by atoms with van der Waals surface area (Å²) >= 11 is 0. The van der Waals surface area contributed by atoms with Crippen LogP contribution in [0.5, 0.6) is 0 Å². The van der Waals surface area contributed by atoms with Crippen molar-refractivity contribution in [2.75, 3.05) is 57.4 Å². The molecule has 0 spiro atoms. The third-order valence-electron chi connectivity index (χ3n) is 7.03. The van der Waals surface area contributed by atoms with Crippen LogP contribution in [0, 0.1) is 12.8 Å². The molecule has 5 heteroatoms. The Kier molecular flexibility index (Phi) is 7.09. The average Bonchev–Trinajstić information content (AvgIpc) is 2.78. The van der Waals surface area contributed by atoms with Gasteiger partial charge in [-0.05, 0) is 69.2 Å². The van der Waals surface area contributed by atoms with Gasteiger partial charge in [-0.2, -0.15) is 0 Å². The maximum absolute atomic E-state index is 12.5. The van der Waals surface area contributed by atoms with Gasteiger partial charge in [-0.25, -0.2) is 0 Å². The minimum atomic E-state index is 0.330. The highest BCUT2D eigenvalue weighted by Crippen LogP contribution is 2.28. The molecule has 5 nitrogen and oxygen atoms in total. The van der Waals surface area contributed by atoms with Gasteiger partial charge in [-0.1, -0.05) is 12.1 Å². The van der Waals surface area contributed by atoms with Crippen molar-refractivity contribution < 1.29 is 9.53 Å². The second-order valence-electron chi connectivity index (χ2n) is 9.09. The Morgan fingerprint density at radius 2 is 1.86 bits per heavy atom. The van der Waals surface area contributed by atoms with Crippen molar-refractivity contribution in [2.45, 2.75) is 51.5 Å². The number of carbonyl (C=O) groups is 1. The molecule has 3 aliphatic heterocycles. The Morgan fingerprint density at radius 1 is 1.07 bits per heavy atom. The van der Waals surface area contributed by atoms with Gasteiger partial charge in [-0.15, -0.1) is 0 Å². The SMILES string of the molecule is Cc1cccc(N2CCC(N3CCC[C@@H](CCC(=O)N4CCOCC4)C3)CC2)c1. The zero-order chi connectivity index (χ0) is 20.1. The summed E-state index contributed by atoms with van der Waals surface area (Å²) in [5, 5.41) is 0. The van der Waals surface area contributed by atoms with E-state index in [1.807, 2.05) is 4.90 Å². The molecule has 0 saturated carbocycles. The number of anilines is 1. The van der Waals surface area contributed by atoms with Crippen LogP contribution >= 0.6 is 0 Å². The minimum absolute atomic E-state index is 0.330. The molecule has 160 valence electrons. The lowest BCUT2D eigenvalue weighted by molar-refractivity contribution is -0.135. The standard InChI is InChI=1S/C24H37N3O2/c1-20-4-2-6-23(18-20)25-12-9-22(10-13-25)27-11-3-5-21(19-27)7-8-24(28)26-14-16-29-17-15-26/h2,4,6,18,21-22H,3,5,7-17,19H2,1H3/t21-/m0/s1. The van der Waals surface area contributed by atoms with E-state index in [0.29, 0.717) is 37.5 Å². The molecular weight excluding hydrogens is 362 g/mol. The van der Waals surface area contributed by atoms with Crippen LogP contribution in [0.25, 0.3) is 0 Å². The fourth-order valence-corrected chi connectivity index (χ4v) is 5.28. The van der Waals surface area contributed by atoms with E-state index < -0.39 is 0 Å². The predicted octanol–water partition coefficient (Wildman–Crippen LogP) is 3.31. The van der Waals surface area contributed by atoms with E-state index in [0.717, 1.165) is 32.6 Å². The van der Waals surface area contributed by atoms with Gasteiger partial charge in [0.05, 0.1) is 13.2 Å². The fourth-order valence-electron chi connectivity index (χ4n) is 5.28. The lowest BCUT2D eigenvalue weighted by Gasteiger charge is -2.43. The summed E-state index contributed by atoms with van der Waals surface area (Å²) in [6.07, 6.45) is 6.85. The molecule has 29 heavy (non-hydrogen) atoms.